The van der Waals surface area contributed by atoms with E-state index in [0.29, 0.717) is 42.6 Å². The molecule has 28 heavy (non-hydrogen) atoms. The first-order chi connectivity index (χ1) is 13.5. The minimum absolute atomic E-state index is 0.0718. The molecule has 152 valence electrons. The molecule has 2 aromatic rings. The van der Waals surface area contributed by atoms with Crippen molar-refractivity contribution in [2.45, 2.75) is 37.3 Å². The Morgan fingerprint density at radius 3 is 2.64 bits per heavy atom. The zero-order valence-electron chi connectivity index (χ0n) is 16.1. The summed E-state index contributed by atoms with van der Waals surface area (Å²) in [5.41, 5.74) is 1.03. The molecular weight excluding hydrogens is 400 g/mol. The Labute approximate surface area is 172 Å². The molecule has 1 heterocycles. The standard InChI is InChI=1S/C19H24N2O5S2/c1-4-25-15-7-6-14(12-16(15)26-5-2)8-10-20-18(22)13(3)28-17-9-11-27-19(17)21(23)24/h6-7,9,11-13H,4-5,8,10H2,1-3H3,(H,20,22)/t13-/m0/s1. The van der Waals surface area contributed by atoms with E-state index in [0.717, 1.165) is 16.9 Å². The second-order valence-corrected chi connectivity index (χ2v) is 8.07. The third-order valence-corrected chi connectivity index (χ3v) is 5.91. The molecule has 1 aromatic heterocycles. The van der Waals surface area contributed by atoms with Crippen LogP contribution in [0.15, 0.2) is 34.5 Å². The number of nitro groups is 1. The van der Waals surface area contributed by atoms with Crippen LogP contribution in [-0.2, 0) is 11.2 Å². The highest BCUT2D eigenvalue weighted by Crippen LogP contribution is 2.36. The van der Waals surface area contributed by atoms with E-state index in [9.17, 15) is 14.9 Å². The third kappa shape index (κ3) is 6.13. The topological polar surface area (TPSA) is 90.7 Å². The second kappa shape index (κ2) is 10.9. The van der Waals surface area contributed by atoms with Gasteiger partial charge in [0, 0.05) is 6.54 Å². The summed E-state index contributed by atoms with van der Waals surface area (Å²) in [5, 5.41) is 15.2. The predicted molar refractivity (Wildman–Crippen MR) is 112 cm³/mol. The maximum Gasteiger partial charge on any atom is 0.337 e. The molecule has 0 fully saturated rings. The smallest absolute Gasteiger partial charge is 0.337 e. The Kier molecular flexibility index (Phi) is 8.59. The van der Waals surface area contributed by atoms with Gasteiger partial charge in [0.2, 0.25) is 5.91 Å². The molecule has 1 amide bonds. The van der Waals surface area contributed by atoms with Gasteiger partial charge in [0.1, 0.15) is 0 Å². The SMILES string of the molecule is CCOc1ccc(CCNC(=O)[C@H](C)Sc2ccsc2[N+](=O)[O-])cc1OCC. The van der Waals surface area contributed by atoms with Crippen molar-refractivity contribution in [2.75, 3.05) is 19.8 Å². The van der Waals surface area contributed by atoms with Crippen LogP contribution in [0.25, 0.3) is 0 Å². The fraction of sp³-hybridized carbons (Fsp3) is 0.421. The summed E-state index contributed by atoms with van der Waals surface area (Å²) in [6, 6.07) is 7.42. The minimum atomic E-state index is -0.424. The first-order valence-corrected chi connectivity index (χ1v) is 10.8. The normalized spacial score (nSPS) is 11.7. The molecule has 1 atom stereocenters. The van der Waals surface area contributed by atoms with Gasteiger partial charge in [0.25, 0.3) is 0 Å². The van der Waals surface area contributed by atoms with Crippen LogP contribution in [0.5, 0.6) is 11.5 Å². The van der Waals surface area contributed by atoms with Crippen molar-refractivity contribution in [3.8, 4) is 11.5 Å². The number of nitrogens with zero attached hydrogens (tertiary/aromatic N) is 1. The molecule has 0 saturated heterocycles. The van der Waals surface area contributed by atoms with E-state index in [2.05, 4.69) is 5.32 Å². The van der Waals surface area contributed by atoms with Gasteiger partial charge in [0.15, 0.2) is 11.5 Å². The van der Waals surface area contributed by atoms with Crippen LogP contribution in [0.1, 0.15) is 26.3 Å². The highest BCUT2D eigenvalue weighted by atomic mass is 32.2. The number of carbonyl (C=O) groups excluding carboxylic acids is 1. The third-order valence-electron chi connectivity index (χ3n) is 3.77. The van der Waals surface area contributed by atoms with Crippen molar-refractivity contribution in [1.29, 1.82) is 0 Å². The van der Waals surface area contributed by atoms with Crippen molar-refractivity contribution >= 4 is 34.0 Å². The lowest BCUT2D eigenvalue weighted by Crippen LogP contribution is -2.32. The fourth-order valence-electron chi connectivity index (χ4n) is 2.48. The fourth-order valence-corrected chi connectivity index (χ4v) is 4.35. The van der Waals surface area contributed by atoms with E-state index in [1.165, 1.54) is 11.8 Å². The summed E-state index contributed by atoms with van der Waals surface area (Å²) in [4.78, 5) is 23.4. The number of amides is 1. The lowest BCUT2D eigenvalue weighted by molar-refractivity contribution is -0.382. The van der Waals surface area contributed by atoms with Crippen LogP contribution in [0.4, 0.5) is 5.00 Å². The number of rotatable bonds is 11. The lowest BCUT2D eigenvalue weighted by atomic mass is 10.1. The van der Waals surface area contributed by atoms with Crippen molar-refractivity contribution in [2.24, 2.45) is 0 Å². The number of thioether (sulfide) groups is 1. The Morgan fingerprint density at radius 2 is 1.96 bits per heavy atom. The summed E-state index contributed by atoms with van der Waals surface area (Å²) < 4.78 is 11.2. The van der Waals surface area contributed by atoms with Gasteiger partial charge in [-0.15, -0.1) is 11.8 Å². The maximum absolute atomic E-state index is 12.3. The van der Waals surface area contributed by atoms with Crippen molar-refractivity contribution in [1.82, 2.24) is 5.32 Å². The first-order valence-electron chi connectivity index (χ1n) is 9.01. The number of nitrogens with one attached hydrogen (secondary N) is 1. The van der Waals surface area contributed by atoms with Crippen LogP contribution >= 0.6 is 23.1 Å². The Hall–Kier alpha value is -2.26. The van der Waals surface area contributed by atoms with Gasteiger partial charge < -0.3 is 14.8 Å². The highest BCUT2D eigenvalue weighted by Gasteiger charge is 2.21. The van der Waals surface area contributed by atoms with Crippen LogP contribution in [-0.4, -0.2) is 35.8 Å². The molecule has 0 aliphatic rings. The Balaban J connectivity index is 1.88. The molecule has 0 bridgehead atoms. The molecule has 0 aliphatic heterocycles. The molecule has 9 heteroatoms. The van der Waals surface area contributed by atoms with Crippen LogP contribution in [0, 0.1) is 10.1 Å². The summed E-state index contributed by atoms with van der Waals surface area (Å²) in [7, 11) is 0. The Morgan fingerprint density at radius 1 is 1.25 bits per heavy atom. The van der Waals surface area contributed by atoms with Crippen molar-refractivity contribution in [3.05, 3.63) is 45.3 Å². The minimum Gasteiger partial charge on any atom is -0.490 e. The van der Waals surface area contributed by atoms with Crippen LogP contribution < -0.4 is 14.8 Å². The molecule has 0 radical (unpaired) electrons. The van der Waals surface area contributed by atoms with E-state index < -0.39 is 10.2 Å². The maximum atomic E-state index is 12.3. The number of carbonyl (C=O) groups is 1. The molecule has 0 unspecified atom stereocenters. The van der Waals surface area contributed by atoms with E-state index in [4.69, 9.17) is 9.47 Å². The second-order valence-electron chi connectivity index (χ2n) is 5.80. The van der Waals surface area contributed by atoms with Gasteiger partial charge in [0.05, 0.1) is 28.3 Å². The Bertz CT molecular complexity index is 809. The molecular formula is C19H24N2O5S2. The monoisotopic (exact) mass is 424 g/mol. The number of benzene rings is 1. The summed E-state index contributed by atoms with van der Waals surface area (Å²) in [6.45, 7) is 7.15. The van der Waals surface area contributed by atoms with Crippen molar-refractivity contribution < 1.29 is 19.2 Å². The zero-order chi connectivity index (χ0) is 20.5. The van der Waals surface area contributed by atoms with E-state index >= 15 is 0 Å². The zero-order valence-corrected chi connectivity index (χ0v) is 17.7. The van der Waals surface area contributed by atoms with Crippen LogP contribution in [0.3, 0.4) is 0 Å². The van der Waals surface area contributed by atoms with Crippen molar-refractivity contribution in [3.63, 3.8) is 0 Å². The number of ether oxygens (including phenoxy) is 2. The number of thiophene rings is 1. The molecule has 1 N–H and O–H groups in total. The van der Waals surface area contributed by atoms with Crippen LogP contribution in [0.2, 0.25) is 0 Å². The lowest BCUT2D eigenvalue weighted by Gasteiger charge is -2.13. The summed E-state index contributed by atoms with van der Waals surface area (Å²) in [6.07, 6.45) is 0.647. The van der Waals surface area contributed by atoms with Gasteiger partial charge in [-0.25, -0.2) is 0 Å². The predicted octanol–water partition coefficient (Wildman–Crippen LogP) is 4.29. The van der Waals surface area contributed by atoms with E-state index in [-0.39, 0.29) is 10.9 Å². The van der Waals surface area contributed by atoms with Gasteiger partial charge in [-0.05, 0) is 56.3 Å². The average Bonchev–Trinajstić information content (AvgIpc) is 3.12. The molecule has 0 saturated carbocycles. The quantitative estimate of drug-likeness (QED) is 0.329. The number of hydrogen-bond acceptors (Lipinski definition) is 7. The molecule has 0 aliphatic carbocycles. The van der Waals surface area contributed by atoms with Gasteiger partial charge >= 0.3 is 5.00 Å². The summed E-state index contributed by atoms with van der Waals surface area (Å²) in [5.74, 6) is 1.25. The largest absolute Gasteiger partial charge is 0.490 e. The molecule has 7 nitrogen and oxygen atoms in total. The average molecular weight is 425 g/mol. The molecule has 2 rings (SSSR count). The molecule has 1 aromatic carbocycles. The van der Waals surface area contributed by atoms with Gasteiger partial charge in [-0.3, -0.25) is 14.9 Å². The first kappa shape index (κ1) is 22.0. The highest BCUT2D eigenvalue weighted by molar-refractivity contribution is 8.00. The van der Waals surface area contributed by atoms with Gasteiger partial charge in [-0.1, -0.05) is 17.4 Å². The van der Waals surface area contributed by atoms with Gasteiger partial charge in [-0.2, -0.15) is 0 Å². The molecule has 0 spiro atoms. The summed E-state index contributed by atoms with van der Waals surface area (Å²) >= 11 is 2.26. The van der Waals surface area contributed by atoms with E-state index in [1.807, 2.05) is 32.0 Å². The van der Waals surface area contributed by atoms with E-state index in [1.54, 1.807) is 18.4 Å². The number of hydrogen-bond donors (Lipinski definition) is 1.